The van der Waals surface area contributed by atoms with Crippen molar-refractivity contribution in [3.05, 3.63) is 59.7 Å². The van der Waals surface area contributed by atoms with Crippen LogP contribution in [0.25, 0.3) is 0 Å². The fourth-order valence-corrected chi connectivity index (χ4v) is 4.66. The number of hydrogen-bond donors (Lipinski definition) is 1. The summed E-state index contributed by atoms with van der Waals surface area (Å²) in [5, 5.41) is 8.92. The van der Waals surface area contributed by atoms with Gasteiger partial charge in [-0.05, 0) is 62.2 Å². The van der Waals surface area contributed by atoms with E-state index in [4.69, 9.17) is 5.26 Å². The molecule has 1 fully saturated rings. The van der Waals surface area contributed by atoms with E-state index < -0.39 is 10.0 Å². The van der Waals surface area contributed by atoms with Crippen molar-refractivity contribution < 1.29 is 8.42 Å². The Bertz CT molecular complexity index is 961. The molecule has 2 aromatic rings. The van der Waals surface area contributed by atoms with E-state index in [1.54, 1.807) is 12.1 Å². The van der Waals surface area contributed by atoms with Crippen LogP contribution in [0.15, 0.2) is 53.4 Å². The van der Waals surface area contributed by atoms with Crippen LogP contribution in [0, 0.1) is 18.3 Å². The predicted octanol–water partition coefficient (Wildman–Crippen LogP) is 2.75. The summed E-state index contributed by atoms with van der Waals surface area (Å²) in [6.07, 6.45) is 1.74. The van der Waals surface area contributed by atoms with Gasteiger partial charge in [0.1, 0.15) is 0 Å². The lowest BCUT2D eigenvalue weighted by molar-refractivity contribution is 0.253. The number of aryl methyl sites for hydroxylation is 1. The minimum absolute atomic E-state index is 0.142. The highest BCUT2D eigenvalue weighted by atomic mass is 32.2. The van der Waals surface area contributed by atoms with Crippen molar-refractivity contribution in [2.24, 2.45) is 0 Å². The maximum atomic E-state index is 12.3. The second kappa shape index (κ2) is 9.88. The molecule has 0 atom stereocenters. The summed E-state index contributed by atoms with van der Waals surface area (Å²) in [5.74, 6) is 0. The van der Waals surface area contributed by atoms with E-state index in [0.717, 1.165) is 45.6 Å². The number of anilines is 1. The fraction of sp³-hybridized carbons (Fsp3) is 0.409. The molecule has 0 saturated carbocycles. The number of hydrogen-bond acceptors (Lipinski definition) is 5. The van der Waals surface area contributed by atoms with Gasteiger partial charge in [-0.2, -0.15) is 5.26 Å². The molecule has 0 aromatic heterocycles. The Morgan fingerprint density at radius 3 is 2.52 bits per heavy atom. The van der Waals surface area contributed by atoms with Crippen LogP contribution in [0.3, 0.4) is 0 Å². The first-order chi connectivity index (χ1) is 14.0. The fourth-order valence-electron chi connectivity index (χ4n) is 3.54. The number of nitrogens with one attached hydrogen (secondary N) is 1. The molecule has 2 aromatic carbocycles. The molecule has 0 bridgehead atoms. The zero-order valence-electron chi connectivity index (χ0n) is 16.8. The van der Waals surface area contributed by atoms with E-state index in [2.05, 4.69) is 45.7 Å². The normalized spacial score (nSPS) is 15.2. The molecule has 0 radical (unpaired) electrons. The first-order valence-corrected chi connectivity index (χ1v) is 11.5. The van der Waals surface area contributed by atoms with Crippen molar-refractivity contribution in [2.45, 2.75) is 24.7 Å². The highest BCUT2D eigenvalue weighted by Gasteiger charge is 2.17. The quantitative estimate of drug-likeness (QED) is 0.675. The van der Waals surface area contributed by atoms with Gasteiger partial charge in [0.05, 0.1) is 16.5 Å². The van der Waals surface area contributed by atoms with Gasteiger partial charge < -0.3 is 4.90 Å². The third kappa shape index (κ3) is 6.04. The molecule has 154 valence electrons. The molecule has 0 amide bonds. The predicted molar refractivity (Wildman–Crippen MR) is 115 cm³/mol. The van der Waals surface area contributed by atoms with Crippen LogP contribution in [-0.2, 0) is 10.0 Å². The van der Waals surface area contributed by atoms with Crippen molar-refractivity contribution in [3.8, 4) is 6.07 Å². The summed E-state index contributed by atoms with van der Waals surface area (Å²) in [5.41, 5.74) is 2.92. The molecule has 7 heteroatoms. The van der Waals surface area contributed by atoms with Crippen molar-refractivity contribution in [1.29, 1.82) is 5.26 Å². The summed E-state index contributed by atoms with van der Waals surface area (Å²) in [6.45, 7) is 7.60. The lowest BCUT2D eigenvalue weighted by Gasteiger charge is -2.36. The van der Waals surface area contributed by atoms with Gasteiger partial charge in [-0.25, -0.2) is 13.1 Å². The molecule has 6 nitrogen and oxygen atoms in total. The van der Waals surface area contributed by atoms with Gasteiger partial charge in [-0.15, -0.1) is 0 Å². The second-order valence-corrected chi connectivity index (χ2v) is 9.18. The number of sulfonamides is 1. The van der Waals surface area contributed by atoms with E-state index in [9.17, 15) is 8.42 Å². The molecule has 3 rings (SSSR count). The minimum atomic E-state index is -3.56. The van der Waals surface area contributed by atoms with Gasteiger partial charge in [0.15, 0.2) is 0 Å². The highest BCUT2D eigenvalue weighted by molar-refractivity contribution is 7.89. The zero-order chi connectivity index (χ0) is 20.7. The summed E-state index contributed by atoms with van der Waals surface area (Å²) >= 11 is 0. The monoisotopic (exact) mass is 412 g/mol. The Labute approximate surface area is 173 Å². The second-order valence-electron chi connectivity index (χ2n) is 7.41. The summed E-state index contributed by atoms with van der Waals surface area (Å²) in [6, 6.07) is 16.7. The van der Waals surface area contributed by atoms with Gasteiger partial charge in [-0.1, -0.05) is 18.2 Å². The largest absolute Gasteiger partial charge is 0.369 e. The van der Waals surface area contributed by atoms with Crippen LogP contribution in [0.1, 0.15) is 24.0 Å². The van der Waals surface area contributed by atoms with Crippen molar-refractivity contribution >= 4 is 15.7 Å². The molecule has 1 aliphatic heterocycles. The minimum Gasteiger partial charge on any atom is -0.369 e. The topological polar surface area (TPSA) is 76.4 Å². The van der Waals surface area contributed by atoms with E-state index in [1.165, 1.54) is 23.4 Å². The lowest BCUT2D eigenvalue weighted by atomic mass is 10.2. The standard InChI is InChI=1S/C22H28N4O2S/c1-19-6-4-8-21(16-19)26-14-12-25(13-15-26)11-3-2-10-24-29(27,28)22-9-5-7-20(17-22)18-23/h4-9,16-17,24H,2-3,10-15H2,1H3. The smallest absolute Gasteiger partial charge is 0.240 e. The van der Waals surface area contributed by atoms with Gasteiger partial charge in [0, 0.05) is 38.4 Å². The van der Waals surface area contributed by atoms with E-state index in [0.29, 0.717) is 12.1 Å². The molecule has 1 saturated heterocycles. The van der Waals surface area contributed by atoms with Crippen molar-refractivity contribution in [1.82, 2.24) is 9.62 Å². The number of benzene rings is 2. The number of unbranched alkanes of at least 4 members (excludes halogenated alkanes) is 1. The van der Waals surface area contributed by atoms with Gasteiger partial charge in [-0.3, -0.25) is 4.90 Å². The van der Waals surface area contributed by atoms with Crippen molar-refractivity contribution in [3.63, 3.8) is 0 Å². The maximum Gasteiger partial charge on any atom is 0.240 e. The zero-order valence-corrected chi connectivity index (χ0v) is 17.7. The van der Waals surface area contributed by atoms with Gasteiger partial charge in [0.25, 0.3) is 0 Å². The molecule has 1 heterocycles. The summed E-state index contributed by atoms with van der Waals surface area (Å²) in [4.78, 5) is 5.01. The Balaban J connectivity index is 1.36. The molecule has 0 spiro atoms. The third-order valence-electron chi connectivity index (χ3n) is 5.21. The Morgan fingerprint density at radius 1 is 1.03 bits per heavy atom. The Hall–Kier alpha value is -2.40. The summed E-state index contributed by atoms with van der Waals surface area (Å²) in [7, 11) is -3.56. The molecule has 1 N–H and O–H groups in total. The van der Waals surface area contributed by atoms with E-state index >= 15 is 0 Å². The van der Waals surface area contributed by atoms with Gasteiger partial charge in [0.2, 0.25) is 10.0 Å². The third-order valence-corrected chi connectivity index (χ3v) is 6.66. The van der Waals surface area contributed by atoms with Crippen LogP contribution >= 0.6 is 0 Å². The van der Waals surface area contributed by atoms with E-state index in [-0.39, 0.29) is 4.90 Å². The average Bonchev–Trinajstić information content (AvgIpc) is 2.74. The lowest BCUT2D eigenvalue weighted by Crippen LogP contribution is -2.46. The van der Waals surface area contributed by atoms with Crippen LogP contribution in [-0.4, -0.2) is 52.6 Å². The SMILES string of the molecule is Cc1cccc(N2CCN(CCCCNS(=O)(=O)c3cccc(C#N)c3)CC2)c1. The first-order valence-electron chi connectivity index (χ1n) is 10.0. The molecule has 0 unspecified atom stereocenters. The van der Waals surface area contributed by atoms with Crippen LogP contribution in [0.5, 0.6) is 0 Å². The highest BCUT2D eigenvalue weighted by Crippen LogP contribution is 2.18. The Morgan fingerprint density at radius 2 is 1.79 bits per heavy atom. The molecular formula is C22H28N4O2S. The number of nitrogens with zero attached hydrogens (tertiary/aromatic N) is 3. The molecule has 0 aliphatic carbocycles. The van der Waals surface area contributed by atoms with Crippen LogP contribution in [0.4, 0.5) is 5.69 Å². The summed E-state index contributed by atoms with van der Waals surface area (Å²) < 4.78 is 27.3. The molecule has 1 aliphatic rings. The number of piperazine rings is 1. The number of rotatable bonds is 8. The number of nitriles is 1. The van der Waals surface area contributed by atoms with E-state index in [1.807, 2.05) is 6.07 Å². The van der Waals surface area contributed by atoms with Crippen molar-refractivity contribution in [2.75, 3.05) is 44.2 Å². The van der Waals surface area contributed by atoms with Crippen LogP contribution in [0.2, 0.25) is 0 Å². The van der Waals surface area contributed by atoms with Crippen LogP contribution < -0.4 is 9.62 Å². The Kier molecular flexibility index (Phi) is 7.26. The molecular weight excluding hydrogens is 384 g/mol. The van der Waals surface area contributed by atoms with Gasteiger partial charge >= 0.3 is 0 Å². The molecule has 29 heavy (non-hydrogen) atoms. The average molecular weight is 413 g/mol. The maximum absolute atomic E-state index is 12.3. The first kappa shape index (κ1) is 21.3.